The summed E-state index contributed by atoms with van der Waals surface area (Å²) < 4.78 is 0. The second-order valence-electron chi connectivity index (χ2n) is 5.86. The van der Waals surface area contributed by atoms with E-state index in [1.165, 1.54) is 0 Å². The van der Waals surface area contributed by atoms with Gasteiger partial charge in [-0.15, -0.1) is 11.3 Å². The molecule has 0 amide bonds. The molecule has 0 aliphatic carbocycles. The van der Waals surface area contributed by atoms with Crippen LogP contribution in [0.4, 0.5) is 5.13 Å². The van der Waals surface area contributed by atoms with Crippen LogP contribution in [0.3, 0.4) is 0 Å². The van der Waals surface area contributed by atoms with Gasteiger partial charge in [0.05, 0.1) is 0 Å². The monoisotopic (exact) mass is 268 g/mol. The highest BCUT2D eigenvalue weighted by Gasteiger charge is 2.28. The van der Waals surface area contributed by atoms with Crippen LogP contribution in [0.15, 0.2) is 11.6 Å². The van der Waals surface area contributed by atoms with Gasteiger partial charge >= 0.3 is 0 Å². The van der Waals surface area contributed by atoms with Gasteiger partial charge in [0.25, 0.3) is 0 Å². The average Bonchev–Trinajstić information content (AvgIpc) is 2.83. The Labute approximate surface area is 114 Å². The van der Waals surface area contributed by atoms with Crippen LogP contribution < -0.4 is 10.6 Å². The minimum atomic E-state index is 0.184. The number of piperazine rings is 1. The first-order chi connectivity index (χ1) is 8.49. The topological polar surface area (TPSA) is 45.4 Å². The third-order valence-electron chi connectivity index (χ3n) is 3.93. The second kappa shape index (κ2) is 5.55. The fraction of sp³-hybridized carbons (Fsp3) is 0.769. The fourth-order valence-corrected chi connectivity index (χ4v) is 2.89. The number of nitrogens with zero attached hydrogens (tertiary/aromatic N) is 3. The van der Waals surface area contributed by atoms with Gasteiger partial charge in [0.15, 0.2) is 5.13 Å². The zero-order valence-electron chi connectivity index (χ0n) is 11.6. The van der Waals surface area contributed by atoms with E-state index >= 15 is 0 Å². The summed E-state index contributed by atoms with van der Waals surface area (Å²) in [7, 11) is 0. The molecule has 2 N–H and O–H groups in total. The molecule has 1 aromatic heterocycles. The van der Waals surface area contributed by atoms with Crippen molar-refractivity contribution in [1.82, 2.24) is 9.88 Å². The lowest BCUT2D eigenvalue weighted by Crippen LogP contribution is -2.51. The Bertz CT molecular complexity index is 353. The molecule has 0 spiro atoms. The van der Waals surface area contributed by atoms with Crippen LogP contribution in [0.5, 0.6) is 0 Å². The molecule has 1 aliphatic rings. The molecule has 0 bridgehead atoms. The lowest BCUT2D eigenvalue weighted by Gasteiger charge is -2.40. The van der Waals surface area contributed by atoms with E-state index in [9.17, 15) is 0 Å². The Hall–Kier alpha value is -0.650. The van der Waals surface area contributed by atoms with E-state index in [0.717, 1.165) is 37.9 Å². The molecule has 2 rings (SSSR count). The molecule has 1 unspecified atom stereocenters. The molecule has 1 aliphatic heterocycles. The van der Waals surface area contributed by atoms with Crippen molar-refractivity contribution in [1.29, 1.82) is 0 Å². The maximum absolute atomic E-state index is 6.05. The summed E-state index contributed by atoms with van der Waals surface area (Å²) in [4.78, 5) is 9.27. The lowest BCUT2D eigenvalue weighted by atomic mass is 9.85. The zero-order valence-corrected chi connectivity index (χ0v) is 12.4. The van der Waals surface area contributed by atoms with E-state index in [1.807, 2.05) is 11.6 Å². The molecule has 5 heteroatoms. The predicted octanol–water partition coefficient (Wildman–Crippen LogP) is 1.64. The average molecular weight is 268 g/mol. The number of hydrogen-bond acceptors (Lipinski definition) is 5. The van der Waals surface area contributed by atoms with Crippen LogP contribution in [-0.4, -0.2) is 48.6 Å². The summed E-state index contributed by atoms with van der Waals surface area (Å²) in [6.07, 6.45) is 1.88. The molecule has 0 saturated carbocycles. The maximum Gasteiger partial charge on any atom is 0.185 e. The number of anilines is 1. The number of rotatable bonds is 4. The molecule has 1 fully saturated rings. The third-order valence-corrected chi connectivity index (χ3v) is 4.76. The number of hydrogen-bond donors (Lipinski definition) is 1. The molecule has 1 saturated heterocycles. The van der Waals surface area contributed by atoms with E-state index in [0.29, 0.717) is 0 Å². The van der Waals surface area contributed by atoms with Gasteiger partial charge in [0, 0.05) is 50.3 Å². The first kappa shape index (κ1) is 13.8. The molecule has 1 aromatic rings. The van der Waals surface area contributed by atoms with Crippen LogP contribution in [0.2, 0.25) is 0 Å². The highest BCUT2D eigenvalue weighted by Crippen LogP contribution is 2.23. The van der Waals surface area contributed by atoms with Crippen molar-refractivity contribution in [3.8, 4) is 0 Å². The van der Waals surface area contributed by atoms with Gasteiger partial charge in [0.2, 0.25) is 0 Å². The van der Waals surface area contributed by atoms with Crippen LogP contribution in [0.1, 0.15) is 20.8 Å². The van der Waals surface area contributed by atoms with E-state index in [1.54, 1.807) is 11.3 Å². The number of thiazole rings is 1. The Morgan fingerprint density at radius 2 is 2.06 bits per heavy atom. The van der Waals surface area contributed by atoms with Gasteiger partial charge in [-0.1, -0.05) is 13.8 Å². The molecular weight excluding hydrogens is 244 g/mol. The van der Waals surface area contributed by atoms with Crippen molar-refractivity contribution < 1.29 is 0 Å². The van der Waals surface area contributed by atoms with E-state index in [-0.39, 0.29) is 11.5 Å². The van der Waals surface area contributed by atoms with Crippen molar-refractivity contribution in [3.63, 3.8) is 0 Å². The van der Waals surface area contributed by atoms with Gasteiger partial charge in [-0.25, -0.2) is 4.98 Å². The van der Waals surface area contributed by atoms with Crippen molar-refractivity contribution in [2.75, 3.05) is 37.6 Å². The largest absolute Gasteiger partial charge is 0.346 e. The minimum absolute atomic E-state index is 0.184. The standard InChI is InChI=1S/C13H24N4S/c1-11(14)13(2,3)10-16-5-7-17(8-6-16)12-15-4-9-18-12/h4,9,11H,5-8,10,14H2,1-3H3. The van der Waals surface area contributed by atoms with Crippen LogP contribution in [0, 0.1) is 5.41 Å². The van der Waals surface area contributed by atoms with E-state index in [4.69, 9.17) is 5.73 Å². The van der Waals surface area contributed by atoms with E-state index < -0.39 is 0 Å². The first-order valence-electron chi connectivity index (χ1n) is 6.61. The highest BCUT2D eigenvalue weighted by atomic mass is 32.1. The molecule has 2 heterocycles. The molecule has 1 atom stereocenters. The smallest absolute Gasteiger partial charge is 0.185 e. The summed E-state index contributed by atoms with van der Waals surface area (Å²) in [5.41, 5.74) is 6.23. The van der Waals surface area contributed by atoms with Gasteiger partial charge in [-0.3, -0.25) is 4.90 Å². The molecule has 0 radical (unpaired) electrons. The Balaban J connectivity index is 1.84. The summed E-state index contributed by atoms with van der Waals surface area (Å²) in [6.45, 7) is 12.1. The first-order valence-corrected chi connectivity index (χ1v) is 7.49. The predicted molar refractivity (Wildman–Crippen MR) is 78.2 cm³/mol. The van der Waals surface area contributed by atoms with Crippen molar-refractivity contribution in [2.45, 2.75) is 26.8 Å². The maximum atomic E-state index is 6.05. The quantitative estimate of drug-likeness (QED) is 0.902. The van der Waals surface area contributed by atoms with Crippen molar-refractivity contribution >= 4 is 16.5 Å². The molecule has 102 valence electrons. The van der Waals surface area contributed by atoms with Crippen molar-refractivity contribution in [3.05, 3.63) is 11.6 Å². The van der Waals surface area contributed by atoms with Crippen molar-refractivity contribution in [2.24, 2.45) is 11.1 Å². The summed E-state index contributed by atoms with van der Waals surface area (Å²) in [5.74, 6) is 0. The fourth-order valence-electron chi connectivity index (χ4n) is 2.19. The zero-order chi connectivity index (χ0) is 13.2. The number of nitrogens with two attached hydrogens (primary N) is 1. The normalized spacial score (nSPS) is 20.1. The molecule has 0 aromatic carbocycles. The van der Waals surface area contributed by atoms with Gasteiger partial charge in [0.1, 0.15) is 0 Å². The molecular formula is C13H24N4S. The van der Waals surface area contributed by atoms with Gasteiger partial charge < -0.3 is 10.6 Å². The Morgan fingerprint density at radius 1 is 1.39 bits per heavy atom. The Kier molecular flexibility index (Phi) is 4.25. The van der Waals surface area contributed by atoms with Gasteiger partial charge in [-0.05, 0) is 12.3 Å². The highest BCUT2D eigenvalue weighted by molar-refractivity contribution is 7.13. The van der Waals surface area contributed by atoms with Crippen LogP contribution in [0.25, 0.3) is 0 Å². The molecule has 18 heavy (non-hydrogen) atoms. The lowest BCUT2D eigenvalue weighted by molar-refractivity contribution is 0.151. The second-order valence-corrected chi connectivity index (χ2v) is 6.73. The summed E-state index contributed by atoms with van der Waals surface area (Å²) >= 11 is 1.73. The summed E-state index contributed by atoms with van der Waals surface area (Å²) in [6, 6.07) is 0.231. The number of aromatic nitrogens is 1. The van der Waals surface area contributed by atoms with Gasteiger partial charge in [-0.2, -0.15) is 0 Å². The molecule has 4 nitrogen and oxygen atoms in total. The summed E-state index contributed by atoms with van der Waals surface area (Å²) in [5, 5.41) is 3.20. The van der Waals surface area contributed by atoms with Crippen LogP contribution in [-0.2, 0) is 0 Å². The minimum Gasteiger partial charge on any atom is -0.346 e. The SMILES string of the molecule is CC(N)C(C)(C)CN1CCN(c2nccs2)CC1. The van der Waals surface area contributed by atoms with E-state index in [2.05, 4.69) is 35.6 Å². The Morgan fingerprint density at radius 3 is 2.56 bits per heavy atom. The van der Waals surface area contributed by atoms with Crippen LogP contribution >= 0.6 is 11.3 Å². The third kappa shape index (κ3) is 3.22.